The standard InChI is InChI=1S/C21H20N2O4/c1-14(24)27-20-13-15(7-9-19(20)26-3)8-10-21(25)22-17-5-4-6-18-16(17)11-12-23(18)2/h4-13H,1-3H3,(H,22,25)/b10-8+. The summed E-state index contributed by atoms with van der Waals surface area (Å²) in [6.07, 6.45) is 5.03. The number of aromatic nitrogens is 1. The minimum Gasteiger partial charge on any atom is -0.493 e. The average molecular weight is 364 g/mol. The van der Waals surface area contributed by atoms with E-state index in [-0.39, 0.29) is 5.91 Å². The molecule has 0 saturated carbocycles. The number of aryl methyl sites for hydroxylation is 1. The van der Waals surface area contributed by atoms with Crippen LogP contribution in [0.1, 0.15) is 12.5 Å². The second-order valence-electron chi connectivity index (χ2n) is 5.99. The first kappa shape index (κ1) is 18.3. The number of esters is 1. The van der Waals surface area contributed by atoms with Gasteiger partial charge in [0.1, 0.15) is 0 Å². The normalized spacial score (nSPS) is 10.9. The Morgan fingerprint density at radius 2 is 1.93 bits per heavy atom. The van der Waals surface area contributed by atoms with Crippen molar-refractivity contribution < 1.29 is 19.1 Å². The fraction of sp³-hybridized carbons (Fsp3) is 0.143. The van der Waals surface area contributed by atoms with E-state index in [9.17, 15) is 9.59 Å². The molecule has 2 aromatic carbocycles. The van der Waals surface area contributed by atoms with E-state index in [4.69, 9.17) is 9.47 Å². The molecular formula is C21H20N2O4. The van der Waals surface area contributed by atoms with Crippen molar-refractivity contribution in [3.05, 3.63) is 60.3 Å². The fourth-order valence-corrected chi connectivity index (χ4v) is 2.79. The van der Waals surface area contributed by atoms with E-state index < -0.39 is 5.97 Å². The van der Waals surface area contributed by atoms with Gasteiger partial charge in [-0.05, 0) is 42.0 Å². The number of hydrogen-bond donors (Lipinski definition) is 1. The molecular weight excluding hydrogens is 344 g/mol. The van der Waals surface area contributed by atoms with Gasteiger partial charge in [-0.1, -0.05) is 12.1 Å². The maximum atomic E-state index is 12.3. The minimum atomic E-state index is -0.442. The van der Waals surface area contributed by atoms with Crippen molar-refractivity contribution in [3.63, 3.8) is 0 Å². The molecule has 0 radical (unpaired) electrons. The van der Waals surface area contributed by atoms with Gasteiger partial charge >= 0.3 is 5.97 Å². The summed E-state index contributed by atoms with van der Waals surface area (Å²) in [5, 5.41) is 3.86. The highest BCUT2D eigenvalue weighted by molar-refractivity contribution is 6.07. The topological polar surface area (TPSA) is 69.6 Å². The molecule has 0 atom stereocenters. The van der Waals surface area contributed by atoms with Crippen molar-refractivity contribution in [1.29, 1.82) is 0 Å². The lowest BCUT2D eigenvalue weighted by molar-refractivity contribution is -0.132. The van der Waals surface area contributed by atoms with Crippen LogP contribution in [0.25, 0.3) is 17.0 Å². The molecule has 138 valence electrons. The minimum absolute atomic E-state index is 0.254. The molecule has 0 aliphatic rings. The van der Waals surface area contributed by atoms with Crippen molar-refractivity contribution in [2.75, 3.05) is 12.4 Å². The highest BCUT2D eigenvalue weighted by Crippen LogP contribution is 2.29. The molecule has 0 spiro atoms. The molecule has 6 heteroatoms. The highest BCUT2D eigenvalue weighted by Gasteiger charge is 2.08. The molecule has 0 unspecified atom stereocenters. The van der Waals surface area contributed by atoms with E-state index in [2.05, 4.69) is 5.32 Å². The molecule has 0 aliphatic heterocycles. The summed E-state index contributed by atoms with van der Waals surface area (Å²) < 4.78 is 12.3. The Balaban J connectivity index is 1.77. The number of amides is 1. The quantitative estimate of drug-likeness (QED) is 0.425. The largest absolute Gasteiger partial charge is 0.493 e. The van der Waals surface area contributed by atoms with Crippen LogP contribution in [-0.4, -0.2) is 23.6 Å². The lowest BCUT2D eigenvalue weighted by Gasteiger charge is -2.08. The van der Waals surface area contributed by atoms with E-state index in [1.165, 1.54) is 20.1 Å². The second kappa shape index (κ2) is 7.78. The molecule has 3 aromatic rings. The molecule has 0 bridgehead atoms. The first-order chi connectivity index (χ1) is 13.0. The van der Waals surface area contributed by atoms with E-state index in [1.54, 1.807) is 24.3 Å². The Bertz CT molecular complexity index is 1030. The summed E-state index contributed by atoms with van der Waals surface area (Å²) in [5.41, 5.74) is 2.50. The van der Waals surface area contributed by atoms with Gasteiger partial charge in [0.2, 0.25) is 5.91 Å². The van der Waals surface area contributed by atoms with Crippen LogP contribution in [-0.2, 0) is 16.6 Å². The van der Waals surface area contributed by atoms with E-state index in [0.29, 0.717) is 17.1 Å². The molecule has 1 aromatic heterocycles. The molecule has 0 saturated heterocycles. The van der Waals surface area contributed by atoms with Gasteiger partial charge < -0.3 is 19.4 Å². The summed E-state index contributed by atoms with van der Waals surface area (Å²) in [4.78, 5) is 23.5. The molecule has 0 fully saturated rings. The van der Waals surface area contributed by atoms with Gasteiger partial charge in [-0.15, -0.1) is 0 Å². The predicted molar refractivity (Wildman–Crippen MR) is 105 cm³/mol. The number of carbonyl (C=O) groups excluding carboxylic acids is 2. The zero-order valence-electron chi connectivity index (χ0n) is 15.4. The van der Waals surface area contributed by atoms with Gasteiger partial charge in [0, 0.05) is 37.1 Å². The van der Waals surface area contributed by atoms with Crippen LogP contribution in [0.3, 0.4) is 0 Å². The lowest BCUT2D eigenvalue weighted by Crippen LogP contribution is -2.08. The van der Waals surface area contributed by atoms with Crippen LogP contribution >= 0.6 is 0 Å². The van der Waals surface area contributed by atoms with Gasteiger partial charge in [0.25, 0.3) is 0 Å². The number of hydrogen-bond acceptors (Lipinski definition) is 4. The summed E-state index contributed by atoms with van der Waals surface area (Å²) >= 11 is 0. The smallest absolute Gasteiger partial charge is 0.308 e. The molecule has 27 heavy (non-hydrogen) atoms. The first-order valence-electron chi connectivity index (χ1n) is 8.37. The Labute approximate surface area is 157 Å². The zero-order chi connectivity index (χ0) is 19.4. The molecule has 3 rings (SSSR count). The maximum absolute atomic E-state index is 12.3. The number of nitrogens with zero attached hydrogens (tertiary/aromatic N) is 1. The Morgan fingerprint density at radius 1 is 1.11 bits per heavy atom. The summed E-state index contributed by atoms with van der Waals surface area (Å²) in [6.45, 7) is 1.32. The summed E-state index contributed by atoms with van der Waals surface area (Å²) in [7, 11) is 3.45. The van der Waals surface area contributed by atoms with Crippen molar-refractivity contribution in [2.24, 2.45) is 7.05 Å². The van der Waals surface area contributed by atoms with Crippen LogP contribution in [0.15, 0.2) is 54.7 Å². The van der Waals surface area contributed by atoms with E-state index in [0.717, 1.165) is 16.6 Å². The number of anilines is 1. The molecule has 1 amide bonds. The van der Waals surface area contributed by atoms with Gasteiger partial charge in [-0.2, -0.15) is 0 Å². The lowest BCUT2D eigenvalue weighted by atomic mass is 10.2. The molecule has 1 N–H and O–H groups in total. The number of benzene rings is 2. The molecule has 6 nitrogen and oxygen atoms in total. The number of methoxy groups -OCH3 is 1. The van der Waals surface area contributed by atoms with Crippen molar-refractivity contribution in [3.8, 4) is 11.5 Å². The third kappa shape index (κ3) is 4.17. The predicted octanol–water partition coefficient (Wildman–Crippen LogP) is 3.76. The van der Waals surface area contributed by atoms with Crippen LogP contribution in [0.4, 0.5) is 5.69 Å². The SMILES string of the molecule is COc1ccc(/C=C/C(=O)Nc2cccc3c2ccn3C)cc1OC(C)=O. The van der Waals surface area contributed by atoms with Crippen molar-refractivity contribution >= 4 is 34.5 Å². The first-order valence-corrected chi connectivity index (χ1v) is 8.37. The van der Waals surface area contributed by atoms with Gasteiger partial charge in [-0.25, -0.2) is 0 Å². The number of ether oxygens (including phenoxy) is 2. The van der Waals surface area contributed by atoms with E-state index >= 15 is 0 Å². The van der Waals surface area contributed by atoms with Crippen molar-refractivity contribution in [1.82, 2.24) is 4.57 Å². The summed E-state index contributed by atoms with van der Waals surface area (Å²) in [5.74, 6) is 0.0588. The number of rotatable bonds is 5. The van der Waals surface area contributed by atoms with Crippen LogP contribution in [0, 0.1) is 0 Å². The monoisotopic (exact) mass is 364 g/mol. The molecule has 0 aliphatic carbocycles. The maximum Gasteiger partial charge on any atom is 0.308 e. The summed E-state index contributed by atoms with van der Waals surface area (Å²) in [6, 6.07) is 12.8. The van der Waals surface area contributed by atoms with E-state index in [1.807, 2.05) is 42.1 Å². The van der Waals surface area contributed by atoms with Crippen molar-refractivity contribution in [2.45, 2.75) is 6.92 Å². The zero-order valence-corrected chi connectivity index (χ0v) is 15.4. The highest BCUT2D eigenvalue weighted by atomic mass is 16.6. The molecule has 1 heterocycles. The van der Waals surface area contributed by atoms with Gasteiger partial charge in [0.15, 0.2) is 11.5 Å². The fourth-order valence-electron chi connectivity index (χ4n) is 2.79. The second-order valence-corrected chi connectivity index (χ2v) is 5.99. The number of fused-ring (bicyclic) bond motifs is 1. The Kier molecular flexibility index (Phi) is 5.26. The number of carbonyl (C=O) groups is 2. The van der Waals surface area contributed by atoms with Gasteiger partial charge in [-0.3, -0.25) is 9.59 Å². The Hall–Kier alpha value is -3.54. The number of nitrogens with one attached hydrogen (secondary N) is 1. The van der Waals surface area contributed by atoms with Crippen LogP contribution in [0.5, 0.6) is 11.5 Å². The van der Waals surface area contributed by atoms with Crippen LogP contribution in [0.2, 0.25) is 0 Å². The third-order valence-electron chi connectivity index (χ3n) is 4.05. The average Bonchev–Trinajstić information content (AvgIpc) is 3.02. The van der Waals surface area contributed by atoms with Crippen LogP contribution < -0.4 is 14.8 Å². The van der Waals surface area contributed by atoms with Gasteiger partial charge in [0.05, 0.1) is 12.8 Å². The Morgan fingerprint density at radius 3 is 2.67 bits per heavy atom. The third-order valence-corrected chi connectivity index (χ3v) is 4.05.